The molecule has 0 aromatic heterocycles. The molecule has 4 nitrogen and oxygen atoms in total. The number of hydrogen-bond donors (Lipinski definition) is 1. The standard InChI is InChI=1S/C17H22N2O2/c1-4-5-12-21-16-11-10-15(18-17(20)19(2)3)13-8-6-7-9-14(13)16/h6-11H,4-5,12H2,1-3H3,(H,18,20). The van der Waals surface area contributed by atoms with E-state index in [1.807, 2.05) is 36.4 Å². The molecule has 112 valence electrons. The second-order valence-electron chi connectivity index (χ2n) is 5.18. The lowest BCUT2D eigenvalue weighted by atomic mass is 10.1. The molecule has 2 aromatic carbocycles. The average molecular weight is 286 g/mol. The van der Waals surface area contributed by atoms with Gasteiger partial charge in [-0.3, -0.25) is 0 Å². The summed E-state index contributed by atoms with van der Waals surface area (Å²) in [5.74, 6) is 0.863. The van der Waals surface area contributed by atoms with Gasteiger partial charge in [0.15, 0.2) is 0 Å². The number of carbonyl (C=O) groups excluding carboxylic acids is 1. The monoisotopic (exact) mass is 286 g/mol. The van der Waals surface area contributed by atoms with E-state index in [1.165, 1.54) is 4.90 Å². The second-order valence-corrected chi connectivity index (χ2v) is 5.18. The molecular formula is C17H22N2O2. The molecule has 2 amide bonds. The number of urea groups is 1. The largest absolute Gasteiger partial charge is 0.493 e. The van der Waals surface area contributed by atoms with Crippen molar-refractivity contribution in [3.8, 4) is 5.75 Å². The van der Waals surface area contributed by atoms with Crippen LogP contribution in [-0.4, -0.2) is 31.6 Å². The molecule has 2 aromatic rings. The van der Waals surface area contributed by atoms with Crippen LogP contribution < -0.4 is 10.1 Å². The van der Waals surface area contributed by atoms with Crippen LogP contribution in [0.1, 0.15) is 19.8 Å². The third-order valence-electron chi connectivity index (χ3n) is 3.29. The van der Waals surface area contributed by atoms with Gasteiger partial charge in [0.1, 0.15) is 5.75 Å². The van der Waals surface area contributed by atoms with E-state index in [4.69, 9.17) is 4.74 Å². The van der Waals surface area contributed by atoms with Crippen molar-refractivity contribution in [1.29, 1.82) is 0 Å². The molecule has 0 saturated heterocycles. The topological polar surface area (TPSA) is 41.6 Å². The Balaban J connectivity index is 2.33. The third kappa shape index (κ3) is 3.66. The summed E-state index contributed by atoms with van der Waals surface area (Å²) in [6, 6.07) is 11.6. The van der Waals surface area contributed by atoms with Crippen LogP contribution in [0.4, 0.5) is 10.5 Å². The summed E-state index contributed by atoms with van der Waals surface area (Å²) in [6.07, 6.45) is 2.14. The van der Waals surface area contributed by atoms with Gasteiger partial charge in [0.25, 0.3) is 0 Å². The van der Waals surface area contributed by atoms with E-state index < -0.39 is 0 Å². The number of benzene rings is 2. The predicted octanol–water partition coefficient (Wildman–Crippen LogP) is 4.11. The zero-order valence-electron chi connectivity index (χ0n) is 12.8. The molecule has 0 unspecified atom stereocenters. The van der Waals surface area contributed by atoms with Gasteiger partial charge in [-0.25, -0.2) is 4.79 Å². The second kappa shape index (κ2) is 6.97. The van der Waals surface area contributed by atoms with Gasteiger partial charge >= 0.3 is 6.03 Å². The highest BCUT2D eigenvalue weighted by Crippen LogP contribution is 2.31. The van der Waals surface area contributed by atoms with Gasteiger partial charge in [-0.1, -0.05) is 37.6 Å². The highest BCUT2D eigenvalue weighted by Gasteiger charge is 2.10. The Morgan fingerprint density at radius 2 is 1.86 bits per heavy atom. The lowest BCUT2D eigenvalue weighted by Crippen LogP contribution is -2.27. The van der Waals surface area contributed by atoms with E-state index in [0.717, 1.165) is 35.1 Å². The van der Waals surface area contributed by atoms with Crippen molar-refractivity contribution in [1.82, 2.24) is 4.90 Å². The van der Waals surface area contributed by atoms with Crippen molar-refractivity contribution in [2.24, 2.45) is 0 Å². The number of carbonyl (C=O) groups is 1. The van der Waals surface area contributed by atoms with Crippen LogP contribution >= 0.6 is 0 Å². The first kappa shape index (κ1) is 15.2. The summed E-state index contributed by atoms with van der Waals surface area (Å²) in [7, 11) is 3.44. The van der Waals surface area contributed by atoms with Gasteiger partial charge in [0, 0.05) is 24.9 Å². The first-order valence-electron chi connectivity index (χ1n) is 7.26. The maximum absolute atomic E-state index is 11.8. The van der Waals surface area contributed by atoms with E-state index in [-0.39, 0.29) is 6.03 Å². The molecule has 0 aliphatic carbocycles. The van der Waals surface area contributed by atoms with E-state index in [0.29, 0.717) is 6.61 Å². The highest BCUT2D eigenvalue weighted by atomic mass is 16.5. The predicted molar refractivity (Wildman–Crippen MR) is 87.1 cm³/mol. The summed E-state index contributed by atoms with van der Waals surface area (Å²) in [5.41, 5.74) is 0.798. The number of anilines is 1. The van der Waals surface area contributed by atoms with Crippen LogP contribution in [0.25, 0.3) is 10.8 Å². The molecule has 0 heterocycles. The zero-order chi connectivity index (χ0) is 15.2. The van der Waals surface area contributed by atoms with Gasteiger partial charge < -0.3 is 15.0 Å². The normalized spacial score (nSPS) is 10.4. The lowest BCUT2D eigenvalue weighted by Gasteiger charge is -2.15. The molecule has 0 bridgehead atoms. The van der Waals surface area contributed by atoms with Crippen molar-refractivity contribution in [2.45, 2.75) is 19.8 Å². The summed E-state index contributed by atoms with van der Waals surface area (Å²) < 4.78 is 5.84. The van der Waals surface area contributed by atoms with Gasteiger partial charge in [-0.05, 0) is 18.6 Å². The van der Waals surface area contributed by atoms with Crippen LogP contribution in [-0.2, 0) is 0 Å². The summed E-state index contributed by atoms with van der Waals surface area (Å²) in [5, 5.41) is 4.92. The highest BCUT2D eigenvalue weighted by molar-refractivity contribution is 6.03. The quantitative estimate of drug-likeness (QED) is 0.840. The van der Waals surface area contributed by atoms with Crippen molar-refractivity contribution < 1.29 is 9.53 Å². The Morgan fingerprint density at radius 1 is 1.14 bits per heavy atom. The number of fused-ring (bicyclic) bond motifs is 1. The van der Waals surface area contributed by atoms with E-state index in [1.54, 1.807) is 14.1 Å². The fourth-order valence-electron chi connectivity index (χ4n) is 2.06. The maximum atomic E-state index is 11.8. The van der Waals surface area contributed by atoms with Gasteiger partial charge in [0.2, 0.25) is 0 Å². The van der Waals surface area contributed by atoms with Gasteiger partial charge in [0.05, 0.1) is 12.3 Å². The number of ether oxygens (including phenoxy) is 1. The molecule has 0 atom stereocenters. The minimum Gasteiger partial charge on any atom is -0.493 e. The van der Waals surface area contributed by atoms with E-state index >= 15 is 0 Å². The van der Waals surface area contributed by atoms with Crippen LogP contribution in [0.5, 0.6) is 5.75 Å². The number of nitrogens with one attached hydrogen (secondary N) is 1. The van der Waals surface area contributed by atoms with Crippen molar-refractivity contribution in [3.05, 3.63) is 36.4 Å². The Kier molecular flexibility index (Phi) is 5.04. The van der Waals surface area contributed by atoms with E-state index in [2.05, 4.69) is 12.2 Å². The number of amides is 2. The zero-order valence-corrected chi connectivity index (χ0v) is 12.8. The molecule has 0 fully saturated rings. The minimum atomic E-state index is -0.139. The fourth-order valence-corrected chi connectivity index (χ4v) is 2.06. The molecule has 21 heavy (non-hydrogen) atoms. The Morgan fingerprint density at radius 3 is 2.52 bits per heavy atom. The molecular weight excluding hydrogens is 264 g/mol. The molecule has 0 spiro atoms. The Labute approximate surface area is 125 Å². The molecule has 0 saturated carbocycles. The first-order valence-corrected chi connectivity index (χ1v) is 7.26. The summed E-state index contributed by atoms with van der Waals surface area (Å²) in [4.78, 5) is 13.3. The van der Waals surface area contributed by atoms with Gasteiger partial charge in [-0.15, -0.1) is 0 Å². The Hall–Kier alpha value is -2.23. The van der Waals surface area contributed by atoms with Crippen molar-refractivity contribution in [2.75, 3.05) is 26.0 Å². The number of unbranched alkanes of at least 4 members (excludes halogenated alkanes) is 1. The number of hydrogen-bond acceptors (Lipinski definition) is 2. The van der Waals surface area contributed by atoms with E-state index in [9.17, 15) is 4.79 Å². The molecule has 0 aliphatic heterocycles. The number of rotatable bonds is 5. The summed E-state index contributed by atoms with van der Waals surface area (Å²) >= 11 is 0. The van der Waals surface area contributed by atoms with Crippen LogP contribution in [0, 0.1) is 0 Å². The fraction of sp³-hybridized carbons (Fsp3) is 0.353. The summed E-state index contributed by atoms with van der Waals surface area (Å²) in [6.45, 7) is 2.85. The van der Waals surface area contributed by atoms with Crippen molar-refractivity contribution >= 4 is 22.5 Å². The smallest absolute Gasteiger partial charge is 0.321 e. The lowest BCUT2D eigenvalue weighted by molar-refractivity contribution is 0.230. The van der Waals surface area contributed by atoms with Crippen LogP contribution in [0.2, 0.25) is 0 Å². The average Bonchev–Trinajstić information content (AvgIpc) is 2.49. The molecule has 1 N–H and O–H groups in total. The first-order chi connectivity index (χ1) is 10.1. The van der Waals surface area contributed by atoms with Crippen LogP contribution in [0.3, 0.4) is 0 Å². The maximum Gasteiger partial charge on any atom is 0.321 e. The molecule has 2 rings (SSSR count). The van der Waals surface area contributed by atoms with Gasteiger partial charge in [-0.2, -0.15) is 0 Å². The molecule has 4 heteroatoms. The molecule has 0 radical (unpaired) electrons. The Bertz CT molecular complexity index is 623. The van der Waals surface area contributed by atoms with Crippen molar-refractivity contribution in [3.63, 3.8) is 0 Å². The SMILES string of the molecule is CCCCOc1ccc(NC(=O)N(C)C)c2ccccc12. The minimum absolute atomic E-state index is 0.139. The third-order valence-corrected chi connectivity index (χ3v) is 3.29. The number of nitrogens with zero attached hydrogens (tertiary/aromatic N) is 1. The molecule has 0 aliphatic rings. The van der Waals surface area contributed by atoms with Crippen LogP contribution in [0.15, 0.2) is 36.4 Å².